The predicted molar refractivity (Wildman–Crippen MR) is 142 cm³/mol. The Kier molecular flexibility index (Phi) is 6.60. The molecule has 2 aromatic heterocycles. The Labute approximate surface area is 211 Å². The predicted octanol–water partition coefficient (Wildman–Crippen LogP) is 5.54. The fourth-order valence-electron chi connectivity index (χ4n) is 4.30. The van der Waals surface area contributed by atoms with Crippen LogP contribution in [0.2, 0.25) is 0 Å². The van der Waals surface area contributed by atoms with E-state index in [1.807, 2.05) is 35.7 Å². The maximum Gasteiger partial charge on any atom is 0.339 e. The molecule has 5 rings (SSSR count). The van der Waals surface area contributed by atoms with E-state index in [1.54, 1.807) is 35.6 Å². The number of fused-ring (bicyclic) bond motifs is 2. The number of anilines is 2. The van der Waals surface area contributed by atoms with Crippen molar-refractivity contribution in [1.29, 1.82) is 0 Å². The van der Waals surface area contributed by atoms with Gasteiger partial charge in [0.25, 0.3) is 5.91 Å². The first-order valence-electron chi connectivity index (χ1n) is 11.5. The van der Waals surface area contributed by atoms with Crippen LogP contribution in [-0.2, 0) is 20.7 Å². The van der Waals surface area contributed by atoms with Gasteiger partial charge in [-0.2, -0.15) is 0 Å². The largest absolute Gasteiger partial charge is 0.452 e. The number of thiophene rings is 1. The number of pyridine rings is 1. The van der Waals surface area contributed by atoms with Crippen molar-refractivity contribution >= 4 is 63.0 Å². The van der Waals surface area contributed by atoms with Gasteiger partial charge in [0.1, 0.15) is 0 Å². The monoisotopic (exact) mass is 497 g/mol. The Morgan fingerprint density at radius 3 is 2.44 bits per heavy atom. The Bertz CT molecular complexity index is 1490. The number of esters is 1. The van der Waals surface area contributed by atoms with Crippen LogP contribution >= 0.6 is 11.3 Å². The maximum atomic E-state index is 13.3. The molecule has 0 unspecified atom stereocenters. The lowest BCUT2D eigenvalue weighted by molar-refractivity contribution is -0.119. The highest BCUT2D eigenvalue weighted by Crippen LogP contribution is 2.38. The van der Waals surface area contributed by atoms with E-state index in [0.717, 1.165) is 28.1 Å². The quantitative estimate of drug-likeness (QED) is 0.341. The number of nitrogens with one attached hydrogen (secondary N) is 2. The van der Waals surface area contributed by atoms with Crippen LogP contribution in [-0.4, -0.2) is 29.4 Å². The number of para-hydroxylation sites is 1. The van der Waals surface area contributed by atoms with Crippen molar-refractivity contribution in [3.05, 3.63) is 87.7 Å². The lowest BCUT2D eigenvalue weighted by Gasteiger charge is -2.12. The number of hydrogen-bond donors (Lipinski definition) is 2. The number of carbonyl (C=O) groups excluding carboxylic acids is 3. The molecule has 0 atom stereocenters. The van der Waals surface area contributed by atoms with Crippen LogP contribution in [0.5, 0.6) is 0 Å². The van der Waals surface area contributed by atoms with Crippen molar-refractivity contribution in [2.45, 2.75) is 19.8 Å². The van der Waals surface area contributed by atoms with Gasteiger partial charge in [-0.25, -0.2) is 9.78 Å². The second kappa shape index (κ2) is 10.1. The Balaban J connectivity index is 1.35. The summed E-state index contributed by atoms with van der Waals surface area (Å²) in [7, 11) is 0. The van der Waals surface area contributed by atoms with Gasteiger partial charge in [0.15, 0.2) is 6.61 Å². The zero-order chi connectivity index (χ0) is 25.1. The van der Waals surface area contributed by atoms with E-state index in [4.69, 9.17) is 9.72 Å². The van der Waals surface area contributed by atoms with Gasteiger partial charge in [-0.05, 0) is 71.8 Å². The standard InChI is InChI=1S/C28H23N3O4S/c1-17(32)29-19-9-11-20(12-10-19)30-25(33)16-35-28(34)26-22-6-2-3-7-24(22)31-27-18(8-13-23(26)27)15-21-5-4-14-36-21/h2-7,9-12,14-15H,8,13,16H2,1H3,(H,29,32)(H,30,33). The van der Waals surface area contributed by atoms with E-state index in [9.17, 15) is 14.4 Å². The third-order valence-corrected chi connectivity index (χ3v) is 6.65. The van der Waals surface area contributed by atoms with Gasteiger partial charge in [-0.3, -0.25) is 9.59 Å². The third-order valence-electron chi connectivity index (χ3n) is 5.83. The molecule has 2 amide bonds. The number of hydrogen-bond acceptors (Lipinski definition) is 6. The number of allylic oxidation sites excluding steroid dienone is 1. The van der Waals surface area contributed by atoms with Crippen molar-refractivity contribution in [3.63, 3.8) is 0 Å². The molecule has 0 fully saturated rings. The van der Waals surface area contributed by atoms with Crippen LogP contribution in [0.1, 0.15) is 39.8 Å². The van der Waals surface area contributed by atoms with Gasteiger partial charge in [-0.1, -0.05) is 24.3 Å². The molecule has 0 radical (unpaired) electrons. The number of amides is 2. The SMILES string of the molecule is CC(=O)Nc1ccc(NC(=O)COC(=O)c2c3c(nc4ccccc24)C(=Cc2cccs2)CC3)cc1. The Morgan fingerprint density at radius 2 is 1.72 bits per heavy atom. The first-order chi connectivity index (χ1) is 17.5. The molecule has 0 spiro atoms. The van der Waals surface area contributed by atoms with Crippen LogP contribution in [0.25, 0.3) is 22.6 Å². The number of carbonyl (C=O) groups is 3. The van der Waals surface area contributed by atoms with Crippen molar-refractivity contribution in [2.24, 2.45) is 0 Å². The van der Waals surface area contributed by atoms with E-state index >= 15 is 0 Å². The average Bonchev–Trinajstić information content (AvgIpc) is 3.52. The molecule has 36 heavy (non-hydrogen) atoms. The Hall–Kier alpha value is -4.30. The van der Waals surface area contributed by atoms with Gasteiger partial charge in [-0.15, -0.1) is 11.3 Å². The molecule has 7 nitrogen and oxygen atoms in total. The van der Waals surface area contributed by atoms with E-state index < -0.39 is 18.5 Å². The topological polar surface area (TPSA) is 97.4 Å². The summed E-state index contributed by atoms with van der Waals surface area (Å²) in [4.78, 5) is 42.9. The van der Waals surface area contributed by atoms with Gasteiger partial charge in [0, 0.05) is 28.6 Å². The maximum absolute atomic E-state index is 13.3. The summed E-state index contributed by atoms with van der Waals surface area (Å²) in [6.45, 7) is 1.00. The molecule has 1 aliphatic carbocycles. The number of ether oxygens (including phenoxy) is 1. The fraction of sp³-hybridized carbons (Fsp3) is 0.143. The molecule has 8 heteroatoms. The molecule has 2 N–H and O–H groups in total. The first-order valence-corrected chi connectivity index (χ1v) is 12.4. The zero-order valence-corrected chi connectivity index (χ0v) is 20.4. The highest BCUT2D eigenvalue weighted by atomic mass is 32.1. The van der Waals surface area contributed by atoms with E-state index in [-0.39, 0.29) is 5.91 Å². The van der Waals surface area contributed by atoms with Gasteiger partial charge < -0.3 is 15.4 Å². The van der Waals surface area contributed by atoms with Crippen molar-refractivity contribution in [1.82, 2.24) is 4.98 Å². The zero-order valence-electron chi connectivity index (χ0n) is 19.5. The second-order valence-electron chi connectivity index (χ2n) is 8.40. The summed E-state index contributed by atoms with van der Waals surface area (Å²) in [5.41, 5.74) is 5.10. The normalized spacial score (nSPS) is 13.4. The van der Waals surface area contributed by atoms with Crippen LogP contribution in [0, 0.1) is 0 Å². The van der Waals surface area contributed by atoms with E-state index in [1.165, 1.54) is 6.92 Å². The van der Waals surface area contributed by atoms with Gasteiger partial charge >= 0.3 is 5.97 Å². The lowest BCUT2D eigenvalue weighted by atomic mass is 10.0. The molecule has 180 valence electrons. The number of nitrogens with zero attached hydrogens (tertiary/aromatic N) is 1. The summed E-state index contributed by atoms with van der Waals surface area (Å²) in [5, 5.41) is 8.11. The molecule has 0 saturated heterocycles. The molecule has 0 aliphatic heterocycles. The van der Waals surface area contributed by atoms with E-state index in [0.29, 0.717) is 34.3 Å². The highest BCUT2D eigenvalue weighted by molar-refractivity contribution is 7.10. The van der Waals surface area contributed by atoms with Crippen LogP contribution < -0.4 is 10.6 Å². The van der Waals surface area contributed by atoms with Crippen LogP contribution in [0.4, 0.5) is 11.4 Å². The number of rotatable bonds is 6. The molecular weight excluding hydrogens is 474 g/mol. The minimum atomic E-state index is -0.543. The van der Waals surface area contributed by atoms with Crippen molar-refractivity contribution < 1.29 is 19.1 Å². The molecule has 1 aliphatic rings. The van der Waals surface area contributed by atoms with Crippen LogP contribution in [0.3, 0.4) is 0 Å². The molecule has 2 heterocycles. The average molecular weight is 498 g/mol. The van der Waals surface area contributed by atoms with Gasteiger partial charge in [0.2, 0.25) is 5.91 Å². The molecule has 2 aromatic carbocycles. The van der Waals surface area contributed by atoms with Gasteiger partial charge in [0.05, 0.1) is 16.8 Å². The summed E-state index contributed by atoms with van der Waals surface area (Å²) in [6, 6.07) is 18.2. The van der Waals surface area contributed by atoms with Crippen LogP contribution in [0.15, 0.2) is 66.0 Å². The van der Waals surface area contributed by atoms with E-state index in [2.05, 4.69) is 22.8 Å². The molecule has 0 bridgehead atoms. The Morgan fingerprint density at radius 1 is 0.972 bits per heavy atom. The van der Waals surface area contributed by atoms with Crippen molar-refractivity contribution in [3.8, 4) is 0 Å². The summed E-state index contributed by atoms with van der Waals surface area (Å²) in [5.74, 6) is -1.18. The minimum Gasteiger partial charge on any atom is -0.452 e. The highest BCUT2D eigenvalue weighted by Gasteiger charge is 2.28. The lowest BCUT2D eigenvalue weighted by Crippen LogP contribution is -2.21. The first kappa shape index (κ1) is 23.4. The molecule has 4 aromatic rings. The molecular formula is C28H23N3O4S. The third kappa shape index (κ3) is 5.04. The fourth-order valence-corrected chi connectivity index (χ4v) is 4.98. The summed E-state index contributed by atoms with van der Waals surface area (Å²) in [6.07, 6.45) is 3.59. The second-order valence-corrected chi connectivity index (χ2v) is 9.38. The summed E-state index contributed by atoms with van der Waals surface area (Å²) < 4.78 is 5.46. The number of benzene rings is 2. The minimum absolute atomic E-state index is 0.178. The molecule has 0 saturated carbocycles. The number of aromatic nitrogens is 1. The summed E-state index contributed by atoms with van der Waals surface area (Å²) >= 11 is 1.66. The van der Waals surface area contributed by atoms with Crippen molar-refractivity contribution in [2.75, 3.05) is 17.2 Å². The smallest absolute Gasteiger partial charge is 0.339 e.